The van der Waals surface area contributed by atoms with Crippen LogP contribution in [0.1, 0.15) is 11.7 Å². The molecule has 0 saturated heterocycles. The van der Waals surface area contributed by atoms with Crippen molar-refractivity contribution in [1.29, 1.82) is 0 Å². The average Bonchev–Trinajstić information content (AvgIpc) is 3.37. The Labute approximate surface area is 136 Å². The Bertz CT molecular complexity index is 899. The van der Waals surface area contributed by atoms with Gasteiger partial charge >= 0.3 is 0 Å². The molecule has 0 fully saturated rings. The van der Waals surface area contributed by atoms with E-state index in [1.165, 1.54) is 0 Å². The highest BCUT2D eigenvalue weighted by Gasteiger charge is 2.11. The van der Waals surface area contributed by atoms with Crippen LogP contribution in [0.25, 0.3) is 22.8 Å². The molecule has 24 heavy (non-hydrogen) atoms. The lowest BCUT2D eigenvalue weighted by Crippen LogP contribution is -2.12. The number of rotatable bonds is 6. The normalized spacial score (nSPS) is 11.0. The van der Waals surface area contributed by atoms with Gasteiger partial charge in [-0.1, -0.05) is 10.3 Å². The number of hydrogen-bond donors (Lipinski definition) is 1. The number of furan rings is 1. The van der Waals surface area contributed by atoms with Gasteiger partial charge in [0.1, 0.15) is 5.69 Å². The van der Waals surface area contributed by atoms with Gasteiger partial charge in [-0.15, -0.1) is 0 Å². The molecule has 1 N–H and O–H groups in total. The fourth-order valence-electron chi connectivity index (χ4n) is 2.17. The lowest BCUT2D eigenvalue weighted by molar-refractivity contribution is 0.349. The van der Waals surface area contributed by atoms with E-state index in [1.807, 2.05) is 18.2 Å². The van der Waals surface area contributed by atoms with Crippen LogP contribution in [0.3, 0.4) is 0 Å². The van der Waals surface area contributed by atoms with Gasteiger partial charge in [0.15, 0.2) is 11.5 Å². The Hall–Kier alpha value is -3.26. The van der Waals surface area contributed by atoms with Crippen LogP contribution in [0.15, 0.2) is 62.5 Å². The van der Waals surface area contributed by atoms with E-state index in [9.17, 15) is 0 Å². The van der Waals surface area contributed by atoms with E-state index in [0.717, 1.165) is 11.3 Å². The minimum absolute atomic E-state index is 0.413. The topological polar surface area (TPSA) is 103 Å². The molecule has 4 heterocycles. The summed E-state index contributed by atoms with van der Waals surface area (Å²) in [5.74, 6) is 2.17. The molecule has 8 nitrogen and oxygen atoms in total. The summed E-state index contributed by atoms with van der Waals surface area (Å²) < 4.78 is 15.7. The summed E-state index contributed by atoms with van der Waals surface area (Å²) >= 11 is 0. The highest BCUT2D eigenvalue weighted by molar-refractivity contribution is 5.57. The monoisotopic (exact) mass is 323 g/mol. The molecule has 120 valence electrons. The van der Waals surface area contributed by atoms with Crippen LogP contribution in [-0.4, -0.2) is 20.3 Å². The van der Waals surface area contributed by atoms with E-state index in [1.54, 1.807) is 30.8 Å². The minimum Gasteiger partial charge on any atom is -0.461 e. The first-order valence-corrected chi connectivity index (χ1v) is 7.31. The fraction of sp³-hybridized carbons (Fsp3) is 0.125. The molecule has 4 rings (SSSR count). The summed E-state index contributed by atoms with van der Waals surface area (Å²) in [5.41, 5.74) is 1.66. The van der Waals surface area contributed by atoms with Crippen LogP contribution in [0, 0.1) is 0 Å². The van der Waals surface area contributed by atoms with Gasteiger partial charge < -0.3 is 18.8 Å². The lowest BCUT2D eigenvalue weighted by atomic mass is 10.2. The van der Waals surface area contributed by atoms with Crippen molar-refractivity contribution >= 4 is 0 Å². The lowest BCUT2D eigenvalue weighted by Gasteiger charge is -1.96. The molecule has 0 aliphatic rings. The summed E-state index contributed by atoms with van der Waals surface area (Å²) in [5, 5.41) is 11.1. The SMILES string of the molecule is c1cncc(-c2cc(CNCc3nc(-c4ccco4)no3)on2)c1. The molecule has 4 aromatic heterocycles. The third kappa shape index (κ3) is 3.08. The van der Waals surface area contributed by atoms with Crippen molar-refractivity contribution in [2.75, 3.05) is 0 Å². The number of hydrogen-bond acceptors (Lipinski definition) is 8. The molecule has 0 amide bonds. The summed E-state index contributed by atoms with van der Waals surface area (Å²) in [6, 6.07) is 9.20. The van der Waals surface area contributed by atoms with E-state index in [0.29, 0.717) is 36.3 Å². The highest BCUT2D eigenvalue weighted by Crippen LogP contribution is 2.18. The van der Waals surface area contributed by atoms with Crippen molar-refractivity contribution < 1.29 is 13.5 Å². The smallest absolute Gasteiger partial charge is 0.241 e. The largest absolute Gasteiger partial charge is 0.461 e. The number of pyridine rings is 1. The quantitative estimate of drug-likeness (QED) is 0.577. The zero-order chi connectivity index (χ0) is 16.2. The number of nitrogens with one attached hydrogen (secondary N) is 1. The molecule has 8 heteroatoms. The third-order valence-electron chi connectivity index (χ3n) is 3.30. The number of nitrogens with zero attached hydrogens (tertiary/aromatic N) is 4. The van der Waals surface area contributed by atoms with Crippen LogP contribution in [0.5, 0.6) is 0 Å². The van der Waals surface area contributed by atoms with Crippen LogP contribution < -0.4 is 5.32 Å². The van der Waals surface area contributed by atoms with Crippen LogP contribution in [0.2, 0.25) is 0 Å². The molecule has 0 bridgehead atoms. The van der Waals surface area contributed by atoms with Crippen LogP contribution in [0.4, 0.5) is 0 Å². The van der Waals surface area contributed by atoms with Crippen molar-refractivity contribution in [2.45, 2.75) is 13.1 Å². The summed E-state index contributed by atoms with van der Waals surface area (Å²) in [4.78, 5) is 8.31. The third-order valence-corrected chi connectivity index (χ3v) is 3.30. The standard InChI is InChI=1S/C16H13N5O3/c1-3-11(8-17-5-1)13-7-12(23-20-13)9-18-10-15-19-16(21-24-15)14-4-2-6-22-14/h1-8,18H,9-10H2. The predicted octanol–water partition coefficient (Wildman–Crippen LogP) is 2.67. The Balaban J connectivity index is 1.34. The first-order chi connectivity index (χ1) is 11.9. The van der Waals surface area contributed by atoms with Crippen molar-refractivity contribution in [1.82, 2.24) is 25.6 Å². The second-order valence-electron chi connectivity index (χ2n) is 5.01. The fourth-order valence-corrected chi connectivity index (χ4v) is 2.17. The summed E-state index contributed by atoms with van der Waals surface area (Å²) in [6.07, 6.45) is 5.02. The highest BCUT2D eigenvalue weighted by atomic mass is 16.5. The summed E-state index contributed by atoms with van der Waals surface area (Å²) in [6.45, 7) is 0.905. The molecule has 0 radical (unpaired) electrons. The first-order valence-electron chi connectivity index (χ1n) is 7.31. The van der Waals surface area contributed by atoms with Gasteiger partial charge in [-0.3, -0.25) is 4.98 Å². The van der Waals surface area contributed by atoms with Gasteiger partial charge in [0.05, 0.1) is 19.4 Å². The van der Waals surface area contributed by atoms with E-state index in [-0.39, 0.29) is 0 Å². The second kappa shape index (κ2) is 6.47. The van der Waals surface area contributed by atoms with Gasteiger partial charge in [0, 0.05) is 24.0 Å². The van der Waals surface area contributed by atoms with Crippen LogP contribution in [-0.2, 0) is 13.1 Å². The molecule has 0 aliphatic carbocycles. The molecule has 0 spiro atoms. The van der Waals surface area contributed by atoms with Gasteiger partial charge in [0.2, 0.25) is 11.7 Å². The van der Waals surface area contributed by atoms with E-state index >= 15 is 0 Å². The van der Waals surface area contributed by atoms with Gasteiger partial charge in [-0.25, -0.2) is 0 Å². The van der Waals surface area contributed by atoms with E-state index in [4.69, 9.17) is 13.5 Å². The van der Waals surface area contributed by atoms with Gasteiger partial charge in [-0.2, -0.15) is 4.98 Å². The van der Waals surface area contributed by atoms with Gasteiger partial charge in [0.25, 0.3) is 0 Å². The van der Waals surface area contributed by atoms with Gasteiger partial charge in [-0.05, 0) is 24.3 Å². The Morgan fingerprint density at radius 1 is 1.04 bits per heavy atom. The molecule has 4 aromatic rings. The molecule has 0 saturated carbocycles. The molecule has 0 unspecified atom stereocenters. The van der Waals surface area contributed by atoms with Crippen molar-refractivity contribution in [3.8, 4) is 22.8 Å². The van der Waals surface area contributed by atoms with Crippen molar-refractivity contribution in [2.24, 2.45) is 0 Å². The van der Waals surface area contributed by atoms with Crippen molar-refractivity contribution in [3.05, 3.63) is 60.6 Å². The first kappa shape index (κ1) is 14.3. The average molecular weight is 323 g/mol. The molecule has 0 atom stereocenters. The van der Waals surface area contributed by atoms with E-state index < -0.39 is 0 Å². The van der Waals surface area contributed by atoms with Crippen molar-refractivity contribution in [3.63, 3.8) is 0 Å². The van der Waals surface area contributed by atoms with Crippen LogP contribution >= 0.6 is 0 Å². The maximum absolute atomic E-state index is 5.30. The second-order valence-corrected chi connectivity index (χ2v) is 5.01. The maximum Gasteiger partial charge on any atom is 0.241 e. The predicted molar refractivity (Wildman–Crippen MR) is 82.3 cm³/mol. The summed E-state index contributed by atoms with van der Waals surface area (Å²) in [7, 11) is 0. The molecule has 0 aliphatic heterocycles. The molecular formula is C16H13N5O3. The van der Waals surface area contributed by atoms with E-state index in [2.05, 4.69) is 25.6 Å². The maximum atomic E-state index is 5.30. The number of aromatic nitrogens is 4. The zero-order valence-corrected chi connectivity index (χ0v) is 12.5. The Morgan fingerprint density at radius 3 is 2.88 bits per heavy atom. The molecular weight excluding hydrogens is 310 g/mol. The molecule has 0 aromatic carbocycles. The Kier molecular flexibility index (Phi) is 3.86. The Morgan fingerprint density at radius 2 is 2.04 bits per heavy atom. The minimum atomic E-state index is 0.413. The zero-order valence-electron chi connectivity index (χ0n) is 12.5.